The Morgan fingerprint density at radius 3 is 2.46 bits per heavy atom. The Bertz CT molecular complexity index is 515. The van der Waals surface area contributed by atoms with Crippen molar-refractivity contribution in [1.29, 1.82) is 0 Å². The minimum absolute atomic E-state index is 0.00877. The summed E-state index contributed by atoms with van der Waals surface area (Å²) in [6.07, 6.45) is 7.04. The number of ketones is 1. The minimum Gasteiger partial charge on any atom is -0.384 e. The van der Waals surface area contributed by atoms with Gasteiger partial charge in [-0.3, -0.25) is 4.79 Å². The van der Waals surface area contributed by atoms with Crippen LogP contribution in [0.2, 0.25) is 0 Å². The number of halogens is 2. The van der Waals surface area contributed by atoms with E-state index in [1.165, 1.54) is 0 Å². The normalized spacial score (nSPS) is 11.5. The summed E-state index contributed by atoms with van der Waals surface area (Å²) >= 11 is 1.63. The van der Waals surface area contributed by atoms with E-state index in [1.54, 1.807) is 11.8 Å². The quantitative estimate of drug-likeness (QED) is 0.266. The van der Waals surface area contributed by atoms with Crippen LogP contribution >= 0.6 is 11.8 Å². The number of nitrogens with one attached hydrogen (secondary N) is 1. The number of hydrogen-bond donors (Lipinski definition) is 1. The number of carbonyl (C=O) groups excluding carboxylic acids is 1. The van der Waals surface area contributed by atoms with Gasteiger partial charge in [0.05, 0.1) is 0 Å². The van der Waals surface area contributed by atoms with E-state index in [0.717, 1.165) is 55.3 Å². The van der Waals surface area contributed by atoms with Crippen molar-refractivity contribution < 1.29 is 13.6 Å². The fourth-order valence-electron chi connectivity index (χ4n) is 2.53. The third-order valence-corrected chi connectivity index (χ3v) is 4.73. The van der Waals surface area contributed by atoms with E-state index >= 15 is 0 Å². The second kappa shape index (κ2) is 10.7. The molecule has 0 saturated heterocycles. The lowest BCUT2D eigenvalue weighted by molar-refractivity contribution is 0.0103. The number of unbranched alkanes of at least 4 members (excludes halogenated alkanes) is 4. The van der Waals surface area contributed by atoms with Gasteiger partial charge in [-0.2, -0.15) is 0 Å². The zero-order valence-corrected chi connectivity index (χ0v) is 15.8. The van der Waals surface area contributed by atoms with Gasteiger partial charge in [-0.05, 0) is 44.2 Å². The highest BCUT2D eigenvalue weighted by Crippen LogP contribution is 2.27. The minimum atomic E-state index is -2.53. The fraction of sp³-hybridized carbons (Fsp3) is 0.632. The van der Waals surface area contributed by atoms with Gasteiger partial charge in [0, 0.05) is 35.5 Å². The van der Waals surface area contributed by atoms with Crippen LogP contribution in [0.25, 0.3) is 0 Å². The van der Waals surface area contributed by atoms with Crippen LogP contribution in [0.4, 0.5) is 14.5 Å². The second-order valence-electron chi connectivity index (χ2n) is 6.21. The number of alkyl halides is 2. The topological polar surface area (TPSA) is 29.1 Å². The number of hydrogen-bond acceptors (Lipinski definition) is 3. The smallest absolute Gasteiger partial charge is 0.245 e. The maximum absolute atomic E-state index is 12.7. The lowest BCUT2D eigenvalue weighted by Crippen LogP contribution is -2.08. The first kappa shape index (κ1) is 20.9. The van der Waals surface area contributed by atoms with Crippen LogP contribution in [0.15, 0.2) is 23.1 Å². The third kappa shape index (κ3) is 8.13. The van der Waals surface area contributed by atoms with Crippen molar-refractivity contribution in [2.75, 3.05) is 18.1 Å². The summed E-state index contributed by atoms with van der Waals surface area (Å²) in [6.45, 7) is 3.72. The monoisotopic (exact) mass is 357 g/mol. The average molecular weight is 358 g/mol. The van der Waals surface area contributed by atoms with Gasteiger partial charge in [0.25, 0.3) is 0 Å². The number of carbonyl (C=O) groups is 1. The average Bonchev–Trinajstić information content (AvgIpc) is 2.55. The molecule has 0 unspecified atom stereocenters. The second-order valence-corrected chi connectivity index (χ2v) is 7.05. The van der Waals surface area contributed by atoms with Gasteiger partial charge < -0.3 is 5.32 Å². The predicted octanol–water partition coefficient (Wildman–Crippen LogP) is 6.41. The SMILES string of the molecule is CCC(=O)c1ccc(NCCCCCCCC(C)(F)F)c(SC)c1. The molecule has 0 radical (unpaired) electrons. The number of rotatable bonds is 12. The fourth-order valence-corrected chi connectivity index (χ4v) is 3.13. The van der Waals surface area contributed by atoms with Gasteiger partial charge in [-0.25, -0.2) is 8.78 Å². The summed E-state index contributed by atoms with van der Waals surface area (Å²) in [4.78, 5) is 12.8. The molecule has 24 heavy (non-hydrogen) atoms. The maximum Gasteiger partial charge on any atom is 0.245 e. The van der Waals surface area contributed by atoms with Gasteiger partial charge in [0.2, 0.25) is 5.92 Å². The molecule has 0 spiro atoms. The number of anilines is 1. The molecule has 1 aromatic carbocycles. The molecule has 0 heterocycles. The van der Waals surface area contributed by atoms with Crippen LogP contribution < -0.4 is 5.32 Å². The van der Waals surface area contributed by atoms with Crippen LogP contribution in [-0.2, 0) is 0 Å². The summed E-state index contributed by atoms with van der Waals surface area (Å²) in [7, 11) is 0. The molecule has 1 N–H and O–H groups in total. The molecule has 0 fully saturated rings. The Hall–Kier alpha value is -1.10. The number of Topliss-reactive ketones (excluding diaryl/α,β-unsaturated/α-hetero) is 1. The lowest BCUT2D eigenvalue weighted by Gasteiger charge is -2.12. The lowest BCUT2D eigenvalue weighted by atomic mass is 10.1. The van der Waals surface area contributed by atoms with E-state index in [9.17, 15) is 13.6 Å². The predicted molar refractivity (Wildman–Crippen MR) is 99.7 cm³/mol. The first-order valence-electron chi connectivity index (χ1n) is 8.70. The largest absolute Gasteiger partial charge is 0.384 e. The van der Waals surface area contributed by atoms with E-state index in [0.29, 0.717) is 12.8 Å². The molecule has 0 bridgehead atoms. The first-order chi connectivity index (χ1) is 11.4. The standard InChI is InChI=1S/C19H29F2NOS/c1-4-17(23)15-10-11-16(18(14-15)24-3)22-13-9-7-5-6-8-12-19(2,20)21/h10-11,14,22H,4-9,12-13H2,1-3H3. The summed E-state index contributed by atoms with van der Waals surface area (Å²) in [6, 6.07) is 5.79. The molecule has 0 aliphatic rings. The van der Waals surface area contributed by atoms with Gasteiger partial charge in [0.1, 0.15) is 0 Å². The summed E-state index contributed by atoms with van der Waals surface area (Å²) in [5.41, 5.74) is 1.82. The van der Waals surface area contributed by atoms with Crippen molar-refractivity contribution in [2.45, 2.75) is 69.6 Å². The van der Waals surface area contributed by atoms with Crippen molar-refractivity contribution in [1.82, 2.24) is 0 Å². The van der Waals surface area contributed by atoms with E-state index in [-0.39, 0.29) is 12.2 Å². The molecule has 0 amide bonds. The van der Waals surface area contributed by atoms with Gasteiger partial charge in [0.15, 0.2) is 5.78 Å². The van der Waals surface area contributed by atoms with Gasteiger partial charge >= 0.3 is 0 Å². The molecule has 0 aromatic heterocycles. The molecule has 136 valence electrons. The molecule has 1 rings (SSSR count). The Kier molecular flexibility index (Phi) is 9.34. The summed E-state index contributed by atoms with van der Waals surface area (Å²) < 4.78 is 25.4. The molecular formula is C19H29F2NOS. The van der Waals surface area contributed by atoms with Crippen molar-refractivity contribution in [3.8, 4) is 0 Å². The van der Waals surface area contributed by atoms with E-state index < -0.39 is 5.92 Å². The highest BCUT2D eigenvalue weighted by atomic mass is 32.2. The van der Waals surface area contributed by atoms with Crippen LogP contribution in [0.5, 0.6) is 0 Å². The van der Waals surface area contributed by atoms with Crippen molar-refractivity contribution in [2.24, 2.45) is 0 Å². The van der Waals surface area contributed by atoms with E-state index in [1.807, 2.05) is 31.4 Å². The highest BCUT2D eigenvalue weighted by Gasteiger charge is 2.19. The molecule has 0 atom stereocenters. The molecule has 5 heteroatoms. The Morgan fingerprint density at radius 1 is 1.17 bits per heavy atom. The maximum atomic E-state index is 12.7. The molecular weight excluding hydrogens is 328 g/mol. The summed E-state index contributed by atoms with van der Waals surface area (Å²) in [5, 5.41) is 3.41. The molecule has 0 aliphatic heterocycles. The molecule has 1 aromatic rings. The first-order valence-corrected chi connectivity index (χ1v) is 9.93. The molecule has 0 saturated carbocycles. The van der Waals surface area contributed by atoms with E-state index in [4.69, 9.17) is 0 Å². The van der Waals surface area contributed by atoms with Crippen molar-refractivity contribution in [3.05, 3.63) is 23.8 Å². The van der Waals surface area contributed by atoms with Crippen LogP contribution in [0.1, 0.15) is 69.2 Å². The zero-order valence-electron chi connectivity index (χ0n) is 15.0. The van der Waals surface area contributed by atoms with Gasteiger partial charge in [-0.1, -0.05) is 26.2 Å². The molecule has 2 nitrogen and oxygen atoms in total. The number of benzene rings is 1. The van der Waals surface area contributed by atoms with E-state index in [2.05, 4.69) is 5.32 Å². The third-order valence-electron chi connectivity index (χ3n) is 3.95. The zero-order chi connectivity index (χ0) is 18.0. The van der Waals surface area contributed by atoms with Crippen LogP contribution in [-0.4, -0.2) is 24.5 Å². The Balaban J connectivity index is 2.29. The summed E-state index contributed by atoms with van der Waals surface area (Å²) in [5.74, 6) is -2.37. The Labute approximate surface area is 148 Å². The molecule has 0 aliphatic carbocycles. The Morgan fingerprint density at radius 2 is 1.83 bits per heavy atom. The van der Waals surface area contributed by atoms with Crippen molar-refractivity contribution in [3.63, 3.8) is 0 Å². The van der Waals surface area contributed by atoms with Gasteiger partial charge in [-0.15, -0.1) is 11.8 Å². The van der Waals surface area contributed by atoms with Crippen molar-refractivity contribution >= 4 is 23.2 Å². The number of thioether (sulfide) groups is 1. The van der Waals surface area contributed by atoms with Crippen LogP contribution in [0, 0.1) is 0 Å². The van der Waals surface area contributed by atoms with Crippen LogP contribution in [0.3, 0.4) is 0 Å². The highest BCUT2D eigenvalue weighted by molar-refractivity contribution is 7.98.